The van der Waals surface area contributed by atoms with E-state index in [1.54, 1.807) is 37.3 Å². The smallest absolute Gasteiger partial charge is 0.303 e. The van der Waals surface area contributed by atoms with E-state index in [4.69, 9.17) is 40.0 Å². The number of halogens is 1. The van der Waals surface area contributed by atoms with E-state index in [1.807, 2.05) is 12.1 Å². The van der Waals surface area contributed by atoms with Gasteiger partial charge in [-0.05, 0) is 29.7 Å². The Bertz CT molecular complexity index is 1420. The Balaban J connectivity index is 1.82. The van der Waals surface area contributed by atoms with Crippen LogP contribution in [0.1, 0.15) is 68.1 Å². The van der Waals surface area contributed by atoms with Crippen LogP contribution in [0.5, 0.6) is 0 Å². The minimum absolute atomic E-state index is 0.0293. The van der Waals surface area contributed by atoms with Gasteiger partial charge in [-0.3, -0.25) is 24.0 Å². The number of carbonyl (C=O) groups is 5. The van der Waals surface area contributed by atoms with Crippen molar-refractivity contribution in [1.82, 2.24) is 0 Å². The number of carbonyl (C=O) groups excluding carboxylic acids is 5. The molecule has 12 heteroatoms. The molecular weight excluding hydrogens is 584 g/mol. The summed E-state index contributed by atoms with van der Waals surface area (Å²) in [5, 5.41) is 0.423. The maximum absolute atomic E-state index is 12.4. The van der Waals surface area contributed by atoms with E-state index in [9.17, 15) is 24.0 Å². The number of ether oxygens (including phenoxy) is 6. The summed E-state index contributed by atoms with van der Waals surface area (Å²) in [6, 6.07) is 12.1. The highest BCUT2D eigenvalue weighted by atomic mass is 35.5. The van der Waals surface area contributed by atoms with Gasteiger partial charge in [0.25, 0.3) is 0 Å². The number of rotatable bonds is 10. The molecule has 230 valence electrons. The van der Waals surface area contributed by atoms with Crippen molar-refractivity contribution >= 4 is 41.3 Å². The van der Waals surface area contributed by atoms with Crippen molar-refractivity contribution in [1.29, 1.82) is 0 Å². The predicted octanol–water partition coefficient (Wildman–Crippen LogP) is 3.83. The average molecular weight is 617 g/mol. The highest BCUT2D eigenvalue weighted by molar-refractivity contribution is 6.31. The molecule has 2 fully saturated rings. The van der Waals surface area contributed by atoms with E-state index in [0.717, 1.165) is 26.3 Å². The minimum atomic E-state index is -1.88. The van der Waals surface area contributed by atoms with E-state index in [-0.39, 0.29) is 12.4 Å². The second kappa shape index (κ2) is 12.8. The molecule has 11 nitrogen and oxygen atoms in total. The van der Waals surface area contributed by atoms with Crippen LogP contribution in [0.2, 0.25) is 5.02 Å². The lowest BCUT2D eigenvalue weighted by atomic mass is 9.83. The topological polar surface area (TPSA) is 141 Å². The summed E-state index contributed by atoms with van der Waals surface area (Å²) in [6.45, 7) is 5.76. The number of ketones is 1. The zero-order chi connectivity index (χ0) is 31.5. The fraction of sp³-hybridized carbons (Fsp3) is 0.452. The van der Waals surface area contributed by atoms with Crippen LogP contribution in [0.15, 0.2) is 42.5 Å². The molecule has 0 N–H and O–H groups in total. The van der Waals surface area contributed by atoms with Crippen LogP contribution in [0.25, 0.3) is 0 Å². The molecule has 2 aliphatic heterocycles. The van der Waals surface area contributed by atoms with Crippen LogP contribution in [-0.4, -0.2) is 66.8 Å². The normalized spacial score (nSPS) is 25.9. The van der Waals surface area contributed by atoms with E-state index in [0.29, 0.717) is 34.6 Å². The monoisotopic (exact) mass is 616 g/mol. The lowest BCUT2D eigenvalue weighted by Crippen LogP contribution is -2.68. The van der Waals surface area contributed by atoms with Crippen LogP contribution < -0.4 is 0 Å². The van der Waals surface area contributed by atoms with Crippen molar-refractivity contribution in [3.63, 3.8) is 0 Å². The van der Waals surface area contributed by atoms with Crippen LogP contribution in [0.3, 0.4) is 0 Å². The van der Waals surface area contributed by atoms with Gasteiger partial charge < -0.3 is 28.4 Å². The molecule has 2 aliphatic rings. The summed E-state index contributed by atoms with van der Waals surface area (Å²) in [5.74, 6) is -4.72. The van der Waals surface area contributed by atoms with Gasteiger partial charge in [-0.1, -0.05) is 48.9 Å². The van der Waals surface area contributed by atoms with Gasteiger partial charge in [-0.25, -0.2) is 0 Å². The van der Waals surface area contributed by atoms with Gasteiger partial charge in [0.1, 0.15) is 6.61 Å². The number of Topliss-reactive ketones (excluding diaryl/α,β-unsaturated/α-hetero) is 1. The Morgan fingerprint density at radius 3 is 2.07 bits per heavy atom. The lowest BCUT2D eigenvalue weighted by molar-refractivity contribution is -0.334. The van der Waals surface area contributed by atoms with Crippen molar-refractivity contribution < 1.29 is 52.4 Å². The van der Waals surface area contributed by atoms with Gasteiger partial charge >= 0.3 is 23.9 Å². The Kier molecular flexibility index (Phi) is 9.58. The Labute approximate surface area is 253 Å². The van der Waals surface area contributed by atoms with Crippen LogP contribution in [0, 0.1) is 0 Å². The van der Waals surface area contributed by atoms with Crippen molar-refractivity contribution in [2.24, 2.45) is 0 Å². The first-order valence-corrected chi connectivity index (χ1v) is 14.1. The average Bonchev–Trinajstić information content (AvgIpc) is 3.31. The van der Waals surface area contributed by atoms with Crippen molar-refractivity contribution in [3.05, 3.63) is 69.7 Å². The molecule has 2 aromatic carbocycles. The summed E-state index contributed by atoms with van der Waals surface area (Å²) >= 11 is 6.59. The molecule has 0 aliphatic carbocycles. The maximum Gasteiger partial charge on any atom is 0.303 e. The fourth-order valence-electron chi connectivity index (χ4n) is 5.38. The SMILES string of the molecule is CCC(=O)c1ccc(Cc2cc([C@]34OC[C@](COC(C)=O)(O3)[C@@H](OC(C)=O)[C@H](OC(C)=O)[C@H]4OC(C)=O)ccc2Cl)cc1. The summed E-state index contributed by atoms with van der Waals surface area (Å²) in [7, 11) is 0. The first-order chi connectivity index (χ1) is 20.3. The molecule has 0 saturated carbocycles. The zero-order valence-corrected chi connectivity index (χ0v) is 25.2. The molecule has 2 bridgehead atoms. The van der Waals surface area contributed by atoms with Gasteiger partial charge in [0, 0.05) is 50.3 Å². The maximum atomic E-state index is 12.4. The van der Waals surface area contributed by atoms with Crippen molar-refractivity contribution in [2.75, 3.05) is 13.2 Å². The van der Waals surface area contributed by atoms with Gasteiger partial charge in [-0.15, -0.1) is 0 Å². The van der Waals surface area contributed by atoms with Gasteiger partial charge in [0.15, 0.2) is 23.6 Å². The molecule has 0 spiro atoms. The second-order valence-corrected chi connectivity index (χ2v) is 10.9. The molecule has 0 amide bonds. The molecule has 43 heavy (non-hydrogen) atoms. The molecular formula is C31H33ClO11. The standard InChI is InChI=1S/C31H33ClO11/c1-6-26(37)22-9-7-21(8-10-22)13-23-14-24(11-12-25(23)32)31-29(42-20(5)36)27(40-18(3)34)28(41-19(4)35)30(43-31,16-39-31)15-38-17(2)33/h7-12,14,27-29H,6,13,15-16H2,1-5H3/t27-,28-,29+,30-,31-/m0/s1. The van der Waals surface area contributed by atoms with Gasteiger partial charge in [0.05, 0.1) is 6.61 Å². The molecule has 4 rings (SSSR count). The molecule has 0 radical (unpaired) electrons. The van der Waals surface area contributed by atoms with E-state index in [2.05, 4.69) is 0 Å². The van der Waals surface area contributed by atoms with E-state index >= 15 is 0 Å². The number of hydrogen-bond donors (Lipinski definition) is 0. The third-order valence-corrected chi connectivity index (χ3v) is 7.59. The molecule has 5 atom stereocenters. The third-order valence-electron chi connectivity index (χ3n) is 7.22. The van der Waals surface area contributed by atoms with Gasteiger partial charge in [0.2, 0.25) is 11.9 Å². The van der Waals surface area contributed by atoms with Crippen molar-refractivity contribution in [2.45, 2.75) is 77.2 Å². The van der Waals surface area contributed by atoms with Crippen LogP contribution in [0.4, 0.5) is 0 Å². The predicted molar refractivity (Wildman–Crippen MR) is 150 cm³/mol. The largest absolute Gasteiger partial charge is 0.463 e. The summed E-state index contributed by atoms with van der Waals surface area (Å²) < 4.78 is 35.0. The van der Waals surface area contributed by atoms with Gasteiger partial charge in [-0.2, -0.15) is 0 Å². The third kappa shape index (κ3) is 6.74. The number of hydrogen-bond acceptors (Lipinski definition) is 11. The van der Waals surface area contributed by atoms with Crippen molar-refractivity contribution in [3.8, 4) is 0 Å². The van der Waals surface area contributed by atoms with E-state index < -0.39 is 60.2 Å². The number of esters is 4. The highest BCUT2D eigenvalue weighted by Gasteiger charge is 2.72. The Morgan fingerprint density at radius 2 is 1.49 bits per heavy atom. The molecule has 0 aromatic heterocycles. The summed E-state index contributed by atoms with van der Waals surface area (Å²) in [4.78, 5) is 60.8. The number of benzene rings is 2. The lowest BCUT2D eigenvalue weighted by Gasteiger charge is -2.49. The molecule has 2 aromatic rings. The van der Waals surface area contributed by atoms with Crippen LogP contribution >= 0.6 is 11.6 Å². The zero-order valence-electron chi connectivity index (χ0n) is 24.5. The van der Waals surface area contributed by atoms with E-state index in [1.165, 1.54) is 6.92 Å². The Morgan fingerprint density at radius 1 is 0.860 bits per heavy atom. The Hall–Kier alpha value is -3.80. The molecule has 2 saturated heterocycles. The second-order valence-electron chi connectivity index (χ2n) is 10.5. The fourth-order valence-corrected chi connectivity index (χ4v) is 5.56. The summed E-state index contributed by atoms with van der Waals surface area (Å²) in [6.07, 6.45) is -3.46. The molecule has 0 unspecified atom stereocenters. The van der Waals surface area contributed by atoms with Crippen LogP contribution in [-0.2, 0) is 59.8 Å². The summed E-state index contributed by atoms with van der Waals surface area (Å²) in [5.41, 5.74) is 0.858. The first kappa shape index (κ1) is 32.1. The highest BCUT2D eigenvalue weighted by Crippen LogP contribution is 2.53. The minimum Gasteiger partial charge on any atom is -0.463 e. The molecule has 2 heterocycles. The first-order valence-electron chi connectivity index (χ1n) is 13.7. The quantitative estimate of drug-likeness (QED) is 0.218. The number of fused-ring (bicyclic) bond motifs is 2.